The number of amides is 1. The SMILES string of the molecule is COc1cc(C(=O)N(C)C[C@@H]2CCc3nc(C(F)(F)F)cn3C2)on1. The van der Waals surface area contributed by atoms with Crippen molar-refractivity contribution in [3.05, 3.63) is 29.5 Å². The normalized spacial score (nSPS) is 17.2. The zero-order valence-corrected chi connectivity index (χ0v) is 13.7. The van der Waals surface area contributed by atoms with Crippen LogP contribution in [0.4, 0.5) is 13.2 Å². The van der Waals surface area contributed by atoms with E-state index in [1.165, 1.54) is 22.6 Å². The van der Waals surface area contributed by atoms with E-state index in [0.29, 0.717) is 31.8 Å². The molecule has 0 saturated heterocycles. The summed E-state index contributed by atoms with van der Waals surface area (Å²) >= 11 is 0. The van der Waals surface area contributed by atoms with Crippen LogP contribution in [0.2, 0.25) is 0 Å². The van der Waals surface area contributed by atoms with Gasteiger partial charge < -0.3 is 18.7 Å². The van der Waals surface area contributed by atoms with Gasteiger partial charge in [0, 0.05) is 32.8 Å². The lowest BCUT2D eigenvalue weighted by molar-refractivity contribution is -0.141. The standard InChI is InChI=1S/C15H17F3N4O3/c1-21(14(23)10-5-13(24-2)20-25-10)6-9-3-4-12-19-11(15(16,17)18)8-22(12)7-9/h5,8-9H,3-4,6-7H2,1-2H3/t9-/m0/s1. The van der Waals surface area contributed by atoms with Crippen molar-refractivity contribution in [2.24, 2.45) is 5.92 Å². The molecule has 0 unspecified atom stereocenters. The predicted molar refractivity (Wildman–Crippen MR) is 79.1 cm³/mol. The van der Waals surface area contributed by atoms with Gasteiger partial charge in [0.05, 0.1) is 13.2 Å². The zero-order chi connectivity index (χ0) is 18.2. The molecule has 10 heteroatoms. The van der Waals surface area contributed by atoms with Gasteiger partial charge in [0.25, 0.3) is 11.8 Å². The van der Waals surface area contributed by atoms with E-state index in [1.807, 2.05) is 0 Å². The molecule has 0 aromatic carbocycles. The van der Waals surface area contributed by atoms with Crippen molar-refractivity contribution in [2.45, 2.75) is 25.6 Å². The Balaban J connectivity index is 1.64. The van der Waals surface area contributed by atoms with Crippen LogP contribution in [-0.2, 0) is 19.1 Å². The van der Waals surface area contributed by atoms with Crippen molar-refractivity contribution in [3.63, 3.8) is 0 Å². The molecule has 7 nitrogen and oxygen atoms in total. The summed E-state index contributed by atoms with van der Waals surface area (Å²) in [5, 5.41) is 3.58. The van der Waals surface area contributed by atoms with Crippen LogP contribution in [0.5, 0.6) is 5.88 Å². The number of rotatable bonds is 4. The maximum Gasteiger partial charge on any atom is 0.434 e. The van der Waals surface area contributed by atoms with Crippen molar-refractivity contribution < 1.29 is 27.2 Å². The van der Waals surface area contributed by atoms with E-state index in [0.717, 1.165) is 6.20 Å². The Kier molecular flexibility index (Phi) is 4.44. The minimum atomic E-state index is -4.45. The highest BCUT2D eigenvalue weighted by Gasteiger charge is 2.36. The number of ether oxygens (including phenoxy) is 1. The van der Waals surface area contributed by atoms with Gasteiger partial charge in [0.2, 0.25) is 5.76 Å². The van der Waals surface area contributed by atoms with E-state index in [4.69, 9.17) is 9.26 Å². The number of nitrogens with zero attached hydrogens (tertiary/aromatic N) is 4. The van der Waals surface area contributed by atoms with Crippen molar-refractivity contribution >= 4 is 5.91 Å². The minimum Gasteiger partial charge on any atom is -0.479 e. The van der Waals surface area contributed by atoms with Crippen LogP contribution in [0.1, 0.15) is 28.5 Å². The van der Waals surface area contributed by atoms with E-state index in [1.54, 1.807) is 7.05 Å². The molecular formula is C15H17F3N4O3. The second kappa shape index (κ2) is 6.41. The molecule has 3 rings (SSSR count). The van der Waals surface area contributed by atoms with Crippen molar-refractivity contribution in [1.82, 2.24) is 19.6 Å². The van der Waals surface area contributed by atoms with Gasteiger partial charge in [0.1, 0.15) is 5.82 Å². The van der Waals surface area contributed by atoms with Crippen molar-refractivity contribution in [1.29, 1.82) is 0 Å². The molecular weight excluding hydrogens is 341 g/mol. The number of halogens is 3. The fourth-order valence-electron chi connectivity index (χ4n) is 2.91. The summed E-state index contributed by atoms with van der Waals surface area (Å²) in [7, 11) is 3.03. The molecule has 2 aromatic rings. The van der Waals surface area contributed by atoms with Crippen LogP contribution >= 0.6 is 0 Å². The Labute approximate surface area is 141 Å². The lowest BCUT2D eigenvalue weighted by Gasteiger charge is -2.27. The summed E-state index contributed by atoms with van der Waals surface area (Å²) in [6, 6.07) is 1.39. The van der Waals surface area contributed by atoms with Crippen LogP contribution in [0, 0.1) is 5.92 Å². The molecule has 0 aliphatic carbocycles. The first-order chi connectivity index (χ1) is 11.8. The highest BCUT2D eigenvalue weighted by molar-refractivity contribution is 5.91. The van der Waals surface area contributed by atoms with Gasteiger partial charge in [-0.2, -0.15) is 13.2 Å². The van der Waals surface area contributed by atoms with E-state index in [2.05, 4.69) is 10.1 Å². The third-order valence-electron chi connectivity index (χ3n) is 4.17. The summed E-state index contributed by atoms with van der Waals surface area (Å²) in [6.07, 6.45) is -2.31. The highest BCUT2D eigenvalue weighted by atomic mass is 19.4. The van der Waals surface area contributed by atoms with Gasteiger partial charge in [-0.1, -0.05) is 0 Å². The maximum absolute atomic E-state index is 12.8. The Morgan fingerprint density at radius 2 is 2.28 bits per heavy atom. The zero-order valence-electron chi connectivity index (χ0n) is 13.7. The minimum absolute atomic E-state index is 0.0292. The van der Waals surface area contributed by atoms with Crippen LogP contribution in [0.3, 0.4) is 0 Å². The Bertz CT molecular complexity index is 768. The fraction of sp³-hybridized carbons (Fsp3) is 0.533. The summed E-state index contributed by atoms with van der Waals surface area (Å²) < 4.78 is 49.6. The molecule has 1 aliphatic rings. The molecule has 1 aliphatic heterocycles. The lowest BCUT2D eigenvalue weighted by atomic mass is 9.99. The molecule has 0 spiro atoms. The van der Waals surface area contributed by atoms with Crippen LogP contribution in [-0.4, -0.2) is 46.2 Å². The lowest BCUT2D eigenvalue weighted by Crippen LogP contribution is -2.35. The van der Waals surface area contributed by atoms with E-state index in [9.17, 15) is 18.0 Å². The smallest absolute Gasteiger partial charge is 0.434 e. The first kappa shape index (κ1) is 17.3. The number of methoxy groups -OCH3 is 1. The Morgan fingerprint density at radius 3 is 2.92 bits per heavy atom. The number of carbonyl (C=O) groups excluding carboxylic acids is 1. The number of alkyl halides is 3. The second-order valence-electron chi connectivity index (χ2n) is 6.02. The number of aryl methyl sites for hydroxylation is 1. The number of carbonyl (C=O) groups is 1. The molecule has 1 amide bonds. The number of fused-ring (bicyclic) bond motifs is 1. The van der Waals surface area contributed by atoms with E-state index >= 15 is 0 Å². The quantitative estimate of drug-likeness (QED) is 0.838. The second-order valence-corrected chi connectivity index (χ2v) is 6.02. The highest BCUT2D eigenvalue weighted by Crippen LogP contribution is 2.30. The third-order valence-corrected chi connectivity index (χ3v) is 4.17. The van der Waals surface area contributed by atoms with Crippen molar-refractivity contribution in [3.8, 4) is 5.88 Å². The Morgan fingerprint density at radius 1 is 1.52 bits per heavy atom. The summed E-state index contributed by atoms with van der Waals surface area (Å²) in [4.78, 5) is 17.4. The molecule has 0 radical (unpaired) electrons. The van der Waals surface area contributed by atoms with Gasteiger partial charge in [-0.05, 0) is 17.5 Å². The third kappa shape index (κ3) is 3.62. The summed E-state index contributed by atoms with van der Waals surface area (Å²) in [5.41, 5.74) is -0.874. The van der Waals surface area contributed by atoms with Crippen LogP contribution in [0.25, 0.3) is 0 Å². The van der Waals surface area contributed by atoms with Crippen LogP contribution in [0.15, 0.2) is 16.8 Å². The van der Waals surface area contributed by atoms with Gasteiger partial charge in [-0.15, -0.1) is 0 Å². The molecule has 136 valence electrons. The number of imidazole rings is 1. The topological polar surface area (TPSA) is 73.4 Å². The largest absolute Gasteiger partial charge is 0.479 e. The average Bonchev–Trinajstić information content (AvgIpc) is 3.19. The van der Waals surface area contributed by atoms with E-state index < -0.39 is 11.9 Å². The molecule has 0 fully saturated rings. The summed E-state index contributed by atoms with van der Waals surface area (Å²) in [5.74, 6) is 0.359. The number of hydrogen-bond donors (Lipinski definition) is 0. The molecule has 0 saturated carbocycles. The maximum atomic E-state index is 12.8. The molecule has 3 heterocycles. The van der Waals surface area contributed by atoms with Gasteiger partial charge in [-0.3, -0.25) is 4.79 Å². The molecule has 2 aromatic heterocycles. The first-order valence-electron chi connectivity index (χ1n) is 7.67. The van der Waals surface area contributed by atoms with Crippen molar-refractivity contribution in [2.75, 3.05) is 20.7 Å². The average molecular weight is 358 g/mol. The monoisotopic (exact) mass is 358 g/mol. The van der Waals surface area contributed by atoms with Crippen LogP contribution < -0.4 is 4.74 Å². The Hall–Kier alpha value is -2.52. The predicted octanol–water partition coefficient (Wildman–Crippen LogP) is 2.23. The summed E-state index contributed by atoms with van der Waals surface area (Å²) in [6.45, 7) is 0.774. The fourth-order valence-corrected chi connectivity index (χ4v) is 2.91. The van der Waals surface area contributed by atoms with Gasteiger partial charge in [0.15, 0.2) is 5.69 Å². The molecule has 0 bridgehead atoms. The molecule has 1 atom stereocenters. The van der Waals surface area contributed by atoms with Gasteiger partial charge in [-0.25, -0.2) is 4.98 Å². The number of hydrogen-bond acceptors (Lipinski definition) is 5. The molecule has 0 N–H and O–H groups in total. The van der Waals surface area contributed by atoms with Gasteiger partial charge >= 0.3 is 6.18 Å². The number of aromatic nitrogens is 3. The molecule has 25 heavy (non-hydrogen) atoms. The van der Waals surface area contributed by atoms with E-state index in [-0.39, 0.29) is 23.5 Å². The first-order valence-corrected chi connectivity index (χ1v) is 7.67.